The molecule has 0 amide bonds. The van der Waals surface area contributed by atoms with Crippen molar-refractivity contribution in [3.05, 3.63) is 0 Å². The Morgan fingerprint density at radius 3 is 2.60 bits per heavy atom. The fourth-order valence-corrected chi connectivity index (χ4v) is 2.50. The van der Waals surface area contributed by atoms with Crippen LogP contribution in [0.2, 0.25) is 0 Å². The van der Waals surface area contributed by atoms with Gasteiger partial charge in [-0.25, -0.2) is 0 Å². The van der Waals surface area contributed by atoms with E-state index in [1.807, 2.05) is 0 Å². The van der Waals surface area contributed by atoms with Gasteiger partial charge in [0.05, 0.1) is 12.5 Å². The molecule has 0 saturated carbocycles. The summed E-state index contributed by atoms with van der Waals surface area (Å²) in [6, 6.07) is 0. The van der Waals surface area contributed by atoms with Gasteiger partial charge in [0, 0.05) is 6.42 Å². The highest BCUT2D eigenvalue weighted by atomic mass is 16.5. The Hall–Kier alpha value is -1.01. The Kier molecular flexibility index (Phi) is 8.37. The number of nitrogens with zero attached hydrogens (tertiary/aromatic N) is 1. The van der Waals surface area contributed by atoms with Gasteiger partial charge >= 0.3 is 5.97 Å². The number of unbranched alkanes of at least 4 members (excludes halogenated alkanes) is 2. The molecular weight excluding hydrogens is 250 g/mol. The second kappa shape index (κ2) is 9.83. The van der Waals surface area contributed by atoms with E-state index in [2.05, 4.69) is 37.5 Å². The fraction of sp³-hybridized carbons (Fsp3) is 0.824. The molecule has 0 spiro atoms. The van der Waals surface area contributed by atoms with Crippen molar-refractivity contribution in [3.8, 4) is 11.8 Å². The van der Waals surface area contributed by atoms with Crippen LogP contribution in [0.4, 0.5) is 0 Å². The summed E-state index contributed by atoms with van der Waals surface area (Å²) in [5, 5.41) is 0. The lowest BCUT2D eigenvalue weighted by atomic mass is 9.99. The number of esters is 1. The van der Waals surface area contributed by atoms with Crippen LogP contribution >= 0.6 is 0 Å². The lowest BCUT2D eigenvalue weighted by Crippen LogP contribution is -2.22. The van der Waals surface area contributed by atoms with Gasteiger partial charge in [-0.1, -0.05) is 39.5 Å². The maximum Gasteiger partial charge on any atom is 0.310 e. The highest BCUT2D eigenvalue weighted by Crippen LogP contribution is 2.27. The monoisotopic (exact) mass is 279 g/mol. The van der Waals surface area contributed by atoms with Gasteiger partial charge in [0.25, 0.3) is 0 Å². The zero-order valence-corrected chi connectivity index (χ0v) is 13.3. The molecule has 0 bridgehead atoms. The van der Waals surface area contributed by atoms with Crippen LogP contribution in [0, 0.1) is 17.8 Å². The Balaban J connectivity index is 2.27. The zero-order chi connectivity index (χ0) is 14.8. The standard InChI is InChI=1S/C17H29NO2/c1-4-7-8-12-16-14-15(17(19)20-16)11-9-10-13-18(5-2)6-3/h15-16H,4-8,11-14H2,1-3H3/t15-,16+/m0/s1. The number of rotatable bonds is 8. The summed E-state index contributed by atoms with van der Waals surface area (Å²) in [7, 11) is 0. The molecule has 0 radical (unpaired) electrons. The molecule has 1 rings (SSSR count). The molecule has 0 unspecified atom stereocenters. The summed E-state index contributed by atoms with van der Waals surface area (Å²) in [4.78, 5) is 14.0. The summed E-state index contributed by atoms with van der Waals surface area (Å²) in [6.45, 7) is 9.32. The lowest BCUT2D eigenvalue weighted by molar-refractivity contribution is -0.144. The van der Waals surface area contributed by atoms with Gasteiger partial charge in [-0.15, -0.1) is 5.92 Å². The average molecular weight is 279 g/mol. The van der Waals surface area contributed by atoms with Gasteiger partial charge < -0.3 is 4.74 Å². The molecule has 3 nitrogen and oxygen atoms in total. The fourth-order valence-electron chi connectivity index (χ4n) is 2.50. The van der Waals surface area contributed by atoms with Crippen LogP contribution in [-0.4, -0.2) is 36.6 Å². The number of cyclic esters (lactones) is 1. The summed E-state index contributed by atoms with van der Waals surface area (Å²) in [5.41, 5.74) is 0. The van der Waals surface area contributed by atoms with Crippen molar-refractivity contribution in [2.45, 2.75) is 65.4 Å². The third-order valence-electron chi connectivity index (χ3n) is 3.96. The van der Waals surface area contributed by atoms with Gasteiger partial charge in [0.15, 0.2) is 0 Å². The quantitative estimate of drug-likeness (QED) is 0.388. The van der Waals surface area contributed by atoms with Gasteiger partial charge in [-0.3, -0.25) is 9.69 Å². The van der Waals surface area contributed by atoms with E-state index in [0.717, 1.165) is 38.9 Å². The molecule has 1 heterocycles. The molecule has 0 aliphatic carbocycles. The van der Waals surface area contributed by atoms with Crippen LogP contribution in [0.3, 0.4) is 0 Å². The summed E-state index contributed by atoms with van der Waals surface area (Å²) < 4.78 is 5.42. The molecule has 1 aliphatic heterocycles. The molecule has 1 saturated heterocycles. The number of carbonyl (C=O) groups excluding carboxylic acids is 1. The highest BCUT2D eigenvalue weighted by Gasteiger charge is 2.33. The van der Waals surface area contributed by atoms with Crippen LogP contribution < -0.4 is 0 Å². The largest absolute Gasteiger partial charge is 0.462 e. The Morgan fingerprint density at radius 1 is 1.20 bits per heavy atom. The summed E-state index contributed by atoms with van der Waals surface area (Å²) >= 11 is 0. The van der Waals surface area contributed by atoms with Crippen molar-refractivity contribution in [1.82, 2.24) is 4.90 Å². The second-order valence-corrected chi connectivity index (χ2v) is 5.51. The third-order valence-corrected chi connectivity index (χ3v) is 3.96. The number of carbonyl (C=O) groups is 1. The first-order chi connectivity index (χ1) is 9.71. The lowest BCUT2D eigenvalue weighted by Gasteiger charge is -2.13. The van der Waals surface area contributed by atoms with Crippen LogP contribution in [0.25, 0.3) is 0 Å². The van der Waals surface area contributed by atoms with Crippen molar-refractivity contribution in [1.29, 1.82) is 0 Å². The summed E-state index contributed by atoms with van der Waals surface area (Å²) in [5.74, 6) is 6.29. The minimum Gasteiger partial charge on any atom is -0.462 e. The van der Waals surface area contributed by atoms with E-state index in [1.165, 1.54) is 12.8 Å². The smallest absolute Gasteiger partial charge is 0.310 e. The minimum atomic E-state index is -0.0383. The molecule has 114 valence electrons. The van der Waals surface area contributed by atoms with Crippen LogP contribution in [0.5, 0.6) is 0 Å². The average Bonchev–Trinajstić information content (AvgIpc) is 2.80. The molecule has 0 aromatic carbocycles. The van der Waals surface area contributed by atoms with Gasteiger partial charge in [0.2, 0.25) is 0 Å². The molecule has 1 fully saturated rings. The van der Waals surface area contributed by atoms with E-state index in [4.69, 9.17) is 4.74 Å². The molecule has 0 N–H and O–H groups in total. The Bertz CT molecular complexity index is 339. The molecule has 20 heavy (non-hydrogen) atoms. The highest BCUT2D eigenvalue weighted by molar-refractivity contribution is 5.75. The van der Waals surface area contributed by atoms with Crippen molar-refractivity contribution in [3.63, 3.8) is 0 Å². The molecular formula is C17H29NO2. The van der Waals surface area contributed by atoms with Gasteiger partial charge in [-0.2, -0.15) is 0 Å². The predicted molar refractivity (Wildman–Crippen MR) is 82.3 cm³/mol. The SMILES string of the molecule is CCCCC[C@@H]1C[C@H](CC#CCN(CC)CC)C(=O)O1. The first-order valence-corrected chi connectivity index (χ1v) is 8.09. The van der Waals surface area contributed by atoms with E-state index in [-0.39, 0.29) is 18.0 Å². The van der Waals surface area contributed by atoms with E-state index < -0.39 is 0 Å². The zero-order valence-electron chi connectivity index (χ0n) is 13.3. The van der Waals surface area contributed by atoms with E-state index in [9.17, 15) is 4.79 Å². The van der Waals surface area contributed by atoms with Gasteiger partial charge in [-0.05, 0) is 32.4 Å². The Labute approximate surface area is 124 Å². The number of ether oxygens (including phenoxy) is 1. The molecule has 2 atom stereocenters. The van der Waals surface area contributed by atoms with Crippen molar-refractivity contribution < 1.29 is 9.53 Å². The van der Waals surface area contributed by atoms with Crippen LogP contribution in [0.15, 0.2) is 0 Å². The van der Waals surface area contributed by atoms with E-state index >= 15 is 0 Å². The first-order valence-electron chi connectivity index (χ1n) is 8.09. The van der Waals surface area contributed by atoms with E-state index in [0.29, 0.717) is 6.42 Å². The van der Waals surface area contributed by atoms with Crippen LogP contribution in [-0.2, 0) is 9.53 Å². The molecule has 0 aromatic heterocycles. The topological polar surface area (TPSA) is 29.5 Å². The van der Waals surface area contributed by atoms with Crippen molar-refractivity contribution >= 4 is 5.97 Å². The summed E-state index contributed by atoms with van der Waals surface area (Å²) in [6.07, 6.45) is 6.28. The maximum atomic E-state index is 11.8. The normalized spacial score (nSPS) is 21.7. The van der Waals surface area contributed by atoms with E-state index in [1.54, 1.807) is 0 Å². The van der Waals surface area contributed by atoms with Crippen molar-refractivity contribution in [2.75, 3.05) is 19.6 Å². The third kappa shape index (κ3) is 5.96. The van der Waals surface area contributed by atoms with Crippen molar-refractivity contribution in [2.24, 2.45) is 5.92 Å². The number of hydrogen-bond acceptors (Lipinski definition) is 3. The first kappa shape index (κ1) is 17.0. The number of hydrogen-bond donors (Lipinski definition) is 0. The second-order valence-electron chi connectivity index (χ2n) is 5.51. The van der Waals surface area contributed by atoms with Crippen LogP contribution in [0.1, 0.15) is 59.3 Å². The maximum absolute atomic E-state index is 11.8. The molecule has 3 heteroatoms. The molecule has 1 aliphatic rings. The van der Waals surface area contributed by atoms with Gasteiger partial charge in [0.1, 0.15) is 6.10 Å². The molecule has 0 aromatic rings. The Morgan fingerprint density at radius 2 is 1.95 bits per heavy atom. The minimum absolute atomic E-state index is 0.00540. The predicted octanol–water partition coefficient (Wildman–Crippen LogP) is 3.23.